The molecule has 3 rings (SSSR count). The topological polar surface area (TPSA) is 58.4 Å². The summed E-state index contributed by atoms with van der Waals surface area (Å²) in [6.07, 6.45) is 1.26. The molecule has 0 aliphatic carbocycles. The molecular weight excluding hydrogens is 390 g/mol. The Morgan fingerprint density at radius 3 is 2.38 bits per heavy atom. The van der Waals surface area contributed by atoms with Gasteiger partial charge in [-0.2, -0.15) is 0 Å². The smallest absolute Gasteiger partial charge is 0.255 e. The number of hydrogen-bond acceptors (Lipinski definition) is 3. The van der Waals surface area contributed by atoms with E-state index < -0.39 is 0 Å². The lowest BCUT2D eigenvalue weighted by Crippen LogP contribution is -2.39. The molecule has 1 heterocycles. The molecule has 1 aliphatic rings. The van der Waals surface area contributed by atoms with Crippen molar-refractivity contribution in [2.24, 2.45) is 11.8 Å². The first kappa shape index (κ1) is 18.8. The molecule has 0 aromatic heterocycles. The van der Waals surface area contributed by atoms with E-state index in [0.29, 0.717) is 28.8 Å². The molecule has 138 valence electrons. The fraction of sp³-hybridized carbons (Fsp3) is 0.381. The van der Waals surface area contributed by atoms with Crippen molar-refractivity contribution >= 4 is 38.9 Å². The highest BCUT2D eigenvalue weighted by molar-refractivity contribution is 9.10. The number of hydrogen-bond donors (Lipinski definition) is 2. The van der Waals surface area contributed by atoms with E-state index >= 15 is 0 Å². The summed E-state index contributed by atoms with van der Waals surface area (Å²) in [6.45, 7) is 8.75. The molecule has 2 aromatic carbocycles. The maximum Gasteiger partial charge on any atom is 0.255 e. The third kappa shape index (κ3) is 4.21. The zero-order valence-corrected chi connectivity index (χ0v) is 17.1. The Hall–Kier alpha value is -2.01. The average Bonchev–Trinajstić information content (AvgIpc) is 2.57. The van der Waals surface area contributed by atoms with Crippen LogP contribution >= 0.6 is 15.9 Å². The normalized spacial score (nSPS) is 20.1. The SMILES string of the molecule is Cc1cc(N)c(NC(=O)c2ccc(Br)cc2)cc1N1C[C@H](C)C[C@H](C)C1. The van der Waals surface area contributed by atoms with Crippen LogP contribution in [0.3, 0.4) is 0 Å². The number of aryl methyl sites for hydroxylation is 1. The van der Waals surface area contributed by atoms with Gasteiger partial charge in [0.05, 0.1) is 11.4 Å². The molecule has 3 N–H and O–H groups in total. The van der Waals surface area contributed by atoms with Gasteiger partial charge in [-0.25, -0.2) is 0 Å². The van der Waals surface area contributed by atoms with Gasteiger partial charge in [-0.15, -0.1) is 0 Å². The first-order valence-electron chi connectivity index (χ1n) is 9.05. The standard InChI is InChI=1S/C21H26BrN3O/c1-13-8-14(2)12-25(11-13)20-10-19(18(23)9-15(20)3)24-21(26)16-4-6-17(22)7-5-16/h4-7,9-10,13-14H,8,11-12,23H2,1-3H3,(H,24,26)/t13-,14+. The Balaban J connectivity index is 1.86. The number of piperidine rings is 1. The average molecular weight is 416 g/mol. The van der Waals surface area contributed by atoms with E-state index in [-0.39, 0.29) is 5.91 Å². The highest BCUT2D eigenvalue weighted by Gasteiger charge is 2.24. The maximum atomic E-state index is 12.6. The third-order valence-electron chi connectivity index (χ3n) is 4.93. The van der Waals surface area contributed by atoms with Gasteiger partial charge in [0.15, 0.2) is 0 Å². The minimum atomic E-state index is -0.153. The first-order valence-corrected chi connectivity index (χ1v) is 9.84. The van der Waals surface area contributed by atoms with Gasteiger partial charge < -0.3 is 16.0 Å². The number of nitrogens with two attached hydrogens (primary N) is 1. The Morgan fingerprint density at radius 1 is 1.15 bits per heavy atom. The van der Waals surface area contributed by atoms with E-state index in [0.717, 1.165) is 28.8 Å². The Bertz CT molecular complexity index is 794. The molecule has 1 aliphatic heterocycles. The molecule has 0 radical (unpaired) electrons. The summed E-state index contributed by atoms with van der Waals surface area (Å²) in [5.74, 6) is 1.17. The van der Waals surface area contributed by atoms with Crippen LogP contribution in [0.2, 0.25) is 0 Å². The van der Waals surface area contributed by atoms with Crippen molar-refractivity contribution in [1.29, 1.82) is 0 Å². The largest absolute Gasteiger partial charge is 0.397 e. The summed E-state index contributed by atoms with van der Waals surface area (Å²) in [5, 5.41) is 2.97. The van der Waals surface area contributed by atoms with Crippen LogP contribution in [0.15, 0.2) is 40.9 Å². The number of carbonyl (C=O) groups is 1. The quantitative estimate of drug-likeness (QED) is 0.687. The van der Waals surface area contributed by atoms with Gasteiger partial charge in [-0.1, -0.05) is 29.8 Å². The minimum Gasteiger partial charge on any atom is -0.397 e. The number of anilines is 3. The van der Waals surface area contributed by atoms with Crippen LogP contribution in [0.4, 0.5) is 17.1 Å². The van der Waals surface area contributed by atoms with E-state index in [9.17, 15) is 4.79 Å². The summed E-state index contributed by atoms with van der Waals surface area (Å²) in [7, 11) is 0. The fourth-order valence-electron chi connectivity index (χ4n) is 3.82. The van der Waals surface area contributed by atoms with Crippen LogP contribution in [-0.4, -0.2) is 19.0 Å². The Labute approximate surface area is 163 Å². The van der Waals surface area contributed by atoms with E-state index in [2.05, 4.69) is 46.9 Å². The highest BCUT2D eigenvalue weighted by Crippen LogP contribution is 2.33. The predicted molar refractivity (Wildman–Crippen MR) is 113 cm³/mol. The van der Waals surface area contributed by atoms with Gasteiger partial charge in [-0.05, 0) is 67.1 Å². The van der Waals surface area contributed by atoms with E-state index in [1.807, 2.05) is 24.3 Å². The second kappa shape index (κ2) is 7.70. The van der Waals surface area contributed by atoms with E-state index in [4.69, 9.17) is 5.73 Å². The molecule has 26 heavy (non-hydrogen) atoms. The summed E-state index contributed by atoms with van der Waals surface area (Å²) in [4.78, 5) is 15.0. The second-order valence-electron chi connectivity index (χ2n) is 7.54. The van der Waals surface area contributed by atoms with Gasteiger partial charge in [-0.3, -0.25) is 4.79 Å². The minimum absolute atomic E-state index is 0.153. The van der Waals surface area contributed by atoms with Crippen LogP contribution in [0.25, 0.3) is 0 Å². The van der Waals surface area contributed by atoms with Crippen molar-refractivity contribution in [1.82, 2.24) is 0 Å². The first-order chi connectivity index (χ1) is 12.3. The number of amides is 1. The van der Waals surface area contributed by atoms with Crippen molar-refractivity contribution in [3.8, 4) is 0 Å². The third-order valence-corrected chi connectivity index (χ3v) is 5.46. The number of nitrogens with zero attached hydrogens (tertiary/aromatic N) is 1. The molecule has 2 aromatic rings. The van der Waals surface area contributed by atoms with Crippen molar-refractivity contribution in [2.75, 3.05) is 29.0 Å². The molecule has 5 heteroatoms. The summed E-state index contributed by atoms with van der Waals surface area (Å²) >= 11 is 3.39. The molecule has 1 amide bonds. The summed E-state index contributed by atoms with van der Waals surface area (Å²) in [6, 6.07) is 11.3. The second-order valence-corrected chi connectivity index (χ2v) is 8.45. The lowest BCUT2D eigenvalue weighted by Gasteiger charge is -2.37. The highest BCUT2D eigenvalue weighted by atomic mass is 79.9. The van der Waals surface area contributed by atoms with Crippen molar-refractivity contribution in [3.05, 3.63) is 52.0 Å². The van der Waals surface area contributed by atoms with Crippen molar-refractivity contribution < 1.29 is 4.79 Å². The Morgan fingerprint density at radius 2 is 1.77 bits per heavy atom. The van der Waals surface area contributed by atoms with Crippen LogP contribution in [-0.2, 0) is 0 Å². The van der Waals surface area contributed by atoms with Crippen molar-refractivity contribution in [2.45, 2.75) is 27.2 Å². The molecular formula is C21H26BrN3O. The molecule has 1 fully saturated rings. The molecule has 0 spiro atoms. The lowest BCUT2D eigenvalue weighted by molar-refractivity contribution is 0.102. The summed E-state index contributed by atoms with van der Waals surface area (Å²) in [5.41, 5.74) is 10.4. The van der Waals surface area contributed by atoms with Gasteiger partial charge >= 0.3 is 0 Å². The lowest BCUT2D eigenvalue weighted by atomic mass is 9.91. The van der Waals surface area contributed by atoms with Crippen LogP contribution in [0.1, 0.15) is 36.2 Å². The molecule has 2 atom stereocenters. The van der Waals surface area contributed by atoms with Gasteiger partial charge in [0, 0.05) is 28.8 Å². The molecule has 0 unspecified atom stereocenters. The number of nitrogen functional groups attached to an aromatic ring is 1. The van der Waals surface area contributed by atoms with Crippen LogP contribution in [0.5, 0.6) is 0 Å². The van der Waals surface area contributed by atoms with Crippen molar-refractivity contribution in [3.63, 3.8) is 0 Å². The summed E-state index contributed by atoms with van der Waals surface area (Å²) < 4.78 is 0.944. The van der Waals surface area contributed by atoms with Gasteiger partial charge in [0.25, 0.3) is 5.91 Å². The molecule has 4 nitrogen and oxygen atoms in total. The zero-order chi connectivity index (χ0) is 18.8. The number of halogens is 1. The maximum absolute atomic E-state index is 12.6. The zero-order valence-electron chi connectivity index (χ0n) is 15.6. The monoisotopic (exact) mass is 415 g/mol. The molecule has 0 saturated carbocycles. The van der Waals surface area contributed by atoms with E-state index in [1.165, 1.54) is 6.42 Å². The van der Waals surface area contributed by atoms with Crippen LogP contribution in [0, 0.1) is 18.8 Å². The fourth-order valence-corrected chi connectivity index (χ4v) is 4.09. The predicted octanol–water partition coefficient (Wildman–Crippen LogP) is 5.07. The number of nitrogens with one attached hydrogen (secondary N) is 1. The number of carbonyl (C=O) groups excluding carboxylic acids is 1. The Kier molecular flexibility index (Phi) is 5.56. The number of benzene rings is 2. The molecule has 0 bridgehead atoms. The number of rotatable bonds is 3. The molecule has 1 saturated heterocycles. The van der Waals surface area contributed by atoms with E-state index in [1.54, 1.807) is 12.1 Å². The van der Waals surface area contributed by atoms with Gasteiger partial charge in [0.1, 0.15) is 0 Å². The van der Waals surface area contributed by atoms with Gasteiger partial charge in [0.2, 0.25) is 0 Å². The van der Waals surface area contributed by atoms with Crippen LogP contribution < -0.4 is 16.0 Å².